The van der Waals surface area contributed by atoms with Gasteiger partial charge < -0.3 is 14.8 Å². The van der Waals surface area contributed by atoms with Crippen molar-refractivity contribution >= 4 is 24.6 Å². The number of dihydropyridines is 1. The van der Waals surface area contributed by atoms with Crippen LogP contribution < -0.4 is 5.32 Å². The van der Waals surface area contributed by atoms with Crippen molar-refractivity contribution in [1.29, 1.82) is 0 Å². The van der Waals surface area contributed by atoms with E-state index < -0.39 is 29.6 Å². The third kappa shape index (κ3) is 4.95. The minimum Gasteiger partial charge on any atom is -0.463 e. The Morgan fingerprint density at radius 1 is 1.10 bits per heavy atom. The molecule has 0 radical (unpaired) electrons. The largest absolute Gasteiger partial charge is 0.463 e. The van der Waals surface area contributed by atoms with E-state index in [1.54, 1.807) is 20.8 Å². The van der Waals surface area contributed by atoms with Crippen LogP contribution in [0.3, 0.4) is 0 Å². The third-order valence-electron chi connectivity index (χ3n) is 4.34. The van der Waals surface area contributed by atoms with Gasteiger partial charge in [-0.3, -0.25) is 0 Å². The molecule has 1 atom stereocenters. The van der Waals surface area contributed by atoms with Crippen LogP contribution in [0.5, 0.6) is 0 Å². The Labute approximate surface area is 172 Å². The van der Waals surface area contributed by atoms with Gasteiger partial charge in [0, 0.05) is 17.1 Å². The van der Waals surface area contributed by atoms with Gasteiger partial charge in [0.25, 0.3) is 0 Å². The second-order valence-electron chi connectivity index (χ2n) is 6.21. The standard InChI is InChI=1S/C20H22F3NO4S/c1-4-27-18(25)15-11(3)24-14(10-29)17(19(26)28-5-2)16(15)12-7-6-8-13(9-12)20(21,22)23/h6-9,16,24,29H,4-5,10H2,1-3H3. The van der Waals surface area contributed by atoms with Gasteiger partial charge in [0.1, 0.15) is 0 Å². The summed E-state index contributed by atoms with van der Waals surface area (Å²) in [6, 6.07) is 4.53. The van der Waals surface area contributed by atoms with Crippen molar-refractivity contribution in [2.45, 2.75) is 32.9 Å². The number of rotatable bonds is 6. The first-order chi connectivity index (χ1) is 13.6. The number of hydrogen-bond acceptors (Lipinski definition) is 6. The average molecular weight is 429 g/mol. The summed E-state index contributed by atoms with van der Waals surface area (Å²) in [5, 5.41) is 2.95. The minimum absolute atomic E-state index is 0.0369. The maximum atomic E-state index is 13.3. The van der Waals surface area contributed by atoms with Crippen LogP contribution in [-0.2, 0) is 25.2 Å². The highest BCUT2D eigenvalue weighted by Gasteiger charge is 2.40. The number of allylic oxidation sites excluding steroid dienone is 1. The number of benzene rings is 1. The quantitative estimate of drug-likeness (QED) is 0.529. The monoisotopic (exact) mass is 429 g/mol. The first-order valence-corrected chi connectivity index (χ1v) is 9.61. The molecule has 0 aliphatic carbocycles. The molecule has 9 heteroatoms. The molecule has 0 saturated carbocycles. The Morgan fingerprint density at radius 2 is 1.69 bits per heavy atom. The Morgan fingerprint density at radius 3 is 2.21 bits per heavy atom. The van der Waals surface area contributed by atoms with Gasteiger partial charge in [-0.1, -0.05) is 18.2 Å². The number of carbonyl (C=O) groups excluding carboxylic acids is 2. The number of hydrogen-bond donors (Lipinski definition) is 2. The molecule has 2 rings (SSSR count). The molecule has 0 spiro atoms. The van der Waals surface area contributed by atoms with Gasteiger partial charge >= 0.3 is 18.1 Å². The van der Waals surface area contributed by atoms with Crippen molar-refractivity contribution < 1.29 is 32.2 Å². The van der Waals surface area contributed by atoms with Crippen LogP contribution in [0.15, 0.2) is 46.8 Å². The van der Waals surface area contributed by atoms with Gasteiger partial charge in [-0.05, 0) is 32.4 Å². The van der Waals surface area contributed by atoms with Gasteiger partial charge in [0.15, 0.2) is 0 Å². The molecule has 29 heavy (non-hydrogen) atoms. The summed E-state index contributed by atoms with van der Waals surface area (Å²) in [5.74, 6) is -2.45. The van der Waals surface area contributed by atoms with Crippen LogP contribution >= 0.6 is 12.6 Å². The molecular weight excluding hydrogens is 407 g/mol. The lowest BCUT2D eigenvalue weighted by molar-refractivity contribution is -0.139. The smallest absolute Gasteiger partial charge is 0.416 e. The van der Waals surface area contributed by atoms with E-state index in [9.17, 15) is 22.8 Å². The fourth-order valence-electron chi connectivity index (χ4n) is 3.18. The first kappa shape index (κ1) is 22.9. The number of ether oxygens (including phenoxy) is 2. The molecule has 0 bridgehead atoms. The molecule has 0 aromatic heterocycles. The van der Waals surface area contributed by atoms with Crippen LogP contribution in [0.2, 0.25) is 0 Å². The Kier molecular flexibility index (Phi) is 7.40. The number of carbonyl (C=O) groups is 2. The normalized spacial score (nSPS) is 17.1. The summed E-state index contributed by atoms with van der Waals surface area (Å²) < 4.78 is 50.1. The molecule has 158 valence electrons. The van der Waals surface area contributed by atoms with Crippen LogP contribution in [0.1, 0.15) is 37.8 Å². The van der Waals surface area contributed by atoms with E-state index in [1.807, 2.05) is 0 Å². The molecular formula is C20H22F3NO4S. The number of halogens is 3. The molecule has 5 nitrogen and oxygen atoms in total. The maximum Gasteiger partial charge on any atom is 0.416 e. The van der Waals surface area contributed by atoms with Crippen LogP contribution in [0.25, 0.3) is 0 Å². The fourth-order valence-corrected chi connectivity index (χ4v) is 3.43. The Hall–Kier alpha value is -2.42. The zero-order chi connectivity index (χ0) is 21.8. The van der Waals surface area contributed by atoms with Crippen LogP contribution in [-0.4, -0.2) is 30.9 Å². The third-order valence-corrected chi connectivity index (χ3v) is 4.66. The summed E-state index contributed by atoms with van der Waals surface area (Å²) in [4.78, 5) is 25.4. The maximum absolute atomic E-state index is 13.3. The van der Waals surface area contributed by atoms with E-state index in [1.165, 1.54) is 12.1 Å². The molecule has 1 aromatic rings. The van der Waals surface area contributed by atoms with E-state index >= 15 is 0 Å². The van der Waals surface area contributed by atoms with Crippen molar-refractivity contribution in [3.8, 4) is 0 Å². The Balaban J connectivity index is 2.74. The van der Waals surface area contributed by atoms with Gasteiger partial charge in [-0.25, -0.2) is 9.59 Å². The zero-order valence-corrected chi connectivity index (χ0v) is 17.1. The molecule has 1 unspecified atom stereocenters. The predicted molar refractivity (Wildman–Crippen MR) is 104 cm³/mol. The van der Waals surface area contributed by atoms with Crippen molar-refractivity contribution in [3.63, 3.8) is 0 Å². The van der Waals surface area contributed by atoms with Crippen molar-refractivity contribution in [1.82, 2.24) is 5.32 Å². The minimum atomic E-state index is -4.58. The number of esters is 2. The lowest BCUT2D eigenvalue weighted by Gasteiger charge is -2.31. The van der Waals surface area contributed by atoms with Gasteiger partial charge in [0.2, 0.25) is 0 Å². The fraction of sp³-hybridized carbons (Fsp3) is 0.400. The molecule has 1 N–H and O–H groups in total. The predicted octanol–water partition coefficient (Wildman–Crippen LogP) is 3.98. The highest BCUT2D eigenvalue weighted by atomic mass is 32.1. The van der Waals surface area contributed by atoms with Crippen molar-refractivity contribution in [3.05, 3.63) is 57.9 Å². The molecule has 1 aromatic carbocycles. The zero-order valence-electron chi connectivity index (χ0n) is 16.2. The first-order valence-electron chi connectivity index (χ1n) is 8.98. The molecule has 0 saturated heterocycles. The lowest BCUT2D eigenvalue weighted by atomic mass is 9.80. The average Bonchev–Trinajstić information content (AvgIpc) is 2.66. The van der Waals surface area contributed by atoms with Gasteiger partial charge in [-0.15, -0.1) is 0 Å². The topological polar surface area (TPSA) is 64.6 Å². The summed E-state index contributed by atoms with van der Waals surface area (Å²) in [6.45, 7) is 4.96. The molecule has 1 aliphatic rings. The van der Waals surface area contributed by atoms with E-state index in [2.05, 4.69) is 17.9 Å². The van der Waals surface area contributed by atoms with Gasteiger partial charge in [0.05, 0.1) is 35.8 Å². The summed E-state index contributed by atoms with van der Waals surface area (Å²) in [5.41, 5.74) is 0.0772. The van der Waals surface area contributed by atoms with E-state index in [0.29, 0.717) is 11.4 Å². The number of thiol groups is 1. The van der Waals surface area contributed by atoms with Crippen molar-refractivity contribution in [2.75, 3.05) is 19.0 Å². The molecule has 0 amide bonds. The highest BCUT2D eigenvalue weighted by Crippen LogP contribution is 2.41. The lowest BCUT2D eigenvalue weighted by Crippen LogP contribution is -2.34. The van der Waals surface area contributed by atoms with E-state index in [4.69, 9.17) is 9.47 Å². The SMILES string of the molecule is CCOC(=O)C1=C(C)NC(CS)=C(C(=O)OCC)C1c1cccc(C(F)(F)F)c1. The van der Waals surface area contributed by atoms with Gasteiger partial charge in [-0.2, -0.15) is 25.8 Å². The second-order valence-corrected chi connectivity index (χ2v) is 6.53. The molecule has 1 heterocycles. The van der Waals surface area contributed by atoms with E-state index in [-0.39, 0.29) is 35.7 Å². The molecule has 1 aliphatic heterocycles. The number of alkyl halides is 3. The summed E-state index contributed by atoms with van der Waals surface area (Å²) in [7, 11) is 0. The Bertz CT molecular complexity index is 862. The highest BCUT2D eigenvalue weighted by molar-refractivity contribution is 7.80. The molecule has 0 fully saturated rings. The van der Waals surface area contributed by atoms with E-state index in [0.717, 1.165) is 12.1 Å². The van der Waals surface area contributed by atoms with Crippen LogP contribution in [0.4, 0.5) is 13.2 Å². The second kappa shape index (κ2) is 9.39. The van der Waals surface area contributed by atoms with Crippen molar-refractivity contribution in [2.24, 2.45) is 0 Å². The summed E-state index contributed by atoms with van der Waals surface area (Å²) in [6.07, 6.45) is -4.58. The van der Waals surface area contributed by atoms with Crippen LogP contribution in [0, 0.1) is 0 Å². The number of nitrogens with one attached hydrogen (secondary N) is 1. The summed E-state index contributed by atoms with van der Waals surface area (Å²) >= 11 is 4.22.